The lowest BCUT2D eigenvalue weighted by molar-refractivity contribution is -0.163. The molecule has 1 heterocycles. The molecule has 0 saturated carbocycles. The van der Waals surface area contributed by atoms with E-state index in [1.165, 1.54) is 0 Å². The van der Waals surface area contributed by atoms with Gasteiger partial charge >= 0.3 is 11.9 Å². The third-order valence-electron chi connectivity index (χ3n) is 3.58. The highest BCUT2D eigenvalue weighted by molar-refractivity contribution is 5.79. The average Bonchev–Trinajstić information content (AvgIpc) is 2.53. The summed E-state index contributed by atoms with van der Waals surface area (Å²) in [6.07, 6.45) is 0.557. The Kier molecular flexibility index (Phi) is 4.17. The van der Waals surface area contributed by atoms with E-state index in [0.29, 0.717) is 12.8 Å². The second-order valence-electron chi connectivity index (χ2n) is 5.26. The van der Waals surface area contributed by atoms with E-state index in [1.807, 2.05) is 27.7 Å². The van der Waals surface area contributed by atoms with E-state index in [1.54, 1.807) is 6.92 Å². The number of carbonyl (C=O) groups is 2. The van der Waals surface area contributed by atoms with Gasteiger partial charge in [0.15, 0.2) is 6.10 Å². The van der Waals surface area contributed by atoms with Crippen molar-refractivity contribution in [3.8, 4) is 0 Å². The van der Waals surface area contributed by atoms with Gasteiger partial charge in [0.1, 0.15) is 6.10 Å². The molecule has 1 fully saturated rings. The van der Waals surface area contributed by atoms with Crippen molar-refractivity contribution in [1.29, 1.82) is 0 Å². The Balaban J connectivity index is 2.74. The highest BCUT2D eigenvalue weighted by Gasteiger charge is 2.45. The highest BCUT2D eigenvalue weighted by atomic mass is 16.6. The van der Waals surface area contributed by atoms with Crippen LogP contribution in [0.2, 0.25) is 0 Å². The first-order chi connectivity index (χ1) is 7.83. The molecule has 0 aromatic heterocycles. The first-order valence-electron chi connectivity index (χ1n) is 6.25. The molecule has 3 unspecified atom stereocenters. The lowest BCUT2D eigenvalue weighted by atomic mass is 9.90. The van der Waals surface area contributed by atoms with Gasteiger partial charge in [-0.15, -0.1) is 0 Å². The number of carbonyl (C=O) groups excluding carboxylic acids is 2. The van der Waals surface area contributed by atoms with Crippen LogP contribution < -0.4 is 0 Å². The summed E-state index contributed by atoms with van der Waals surface area (Å²) in [7, 11) is 0. The molecule has 0 amide bonds. The van der Waals surface area contributed by atoms with Crippen molar-refractivity contribution >= 4 is 11.9 Å². The Hall–Kier alpha value is -1.06. The van der Waals surface area contributed by atoms with Gasteiger partial charge in [-0.1, -0.05) is 13.8 Å². The van der Waals surface area contributed by atoms with E-state index in [4.69, 9.17) is 9.47 Å². The number of ether oxygens (including phenoxy) is 2. The van der Waals surface area contributed by atoms with E-state index in [9.17, 15) is 9.59 Å². The summed E-state index contributed by atoms with van der Waals surface area (Å²) in [6.45, 7) is 9.30. The standard InChI is InChI=1S/C13H22O4/c1-6-9-10(8(3)16-11(9)14)17-12(15)13(4,5)7-2/h8-10H,6-7H2,1-5H3. The summed E-state index contributed by atoms with van der Waals surface area (Å²) in [5.74, 6) is -0.831. The van der Waals surface area contributed by atoms with Gasteiger partial charge in [0.25, 0.3) is 0 Å². The zero-order chi connectivity index (χ0) is 13.2. The molecule has 0 bridgehead atoms. The molecule has 98 valence electrons. The summed E-state index contributed by atoms with van der Waals surface area (Å²) in [4.78, 5) is 23.5. The zero-order valence-electron chi connectivity index (χ0n) is 11.3. The Morgan fingerprint density at radius 3 is 2.47 bits per heavy atom. The molecule has 4 heteroatoms. The van der Waals surface area contributed by atoms with Crippen LogP contribution in [-0.4, -0.2) is 24.1 Å². The molecule has 4 nitrogen and oxygen atoms in total. The molecule has 0 N–H and O–H groups in total. The van der Waals surface area contributed by atoms with Gasteiger partial charge < -0.3 is 9.47 Å². The highest BCUT2D eigenvalue weighted by Crippen LogP contribution is 2.30. The quantitative estimate of drug-likeness (QED) is 0.710. The number of hydrogen-bond donors (Lipinski definition) is 0. The van der Waals surface area contributed by atoms with Crippen LogP contribution >= 0.6 is 0 Å². The van der Waals surface area contributed by atoms with Gasteiger partial charge in [-0.3, -0.25) is 9.59 Å². The molecular weight excluding hydrogens is 220 g/mol. The summed E-state index contributed by atoms with van der Waals surface area (Å²) in [5.41, 5.74) is -0.510. The Morgan fingerprint density at radius 1 is 1.41 bits per heavy atom. The number of esters is 2. The molecule has 0 spiro atoms. The van der Waals surface area contributed by atoms with Crippen molar-refractivity contribution in [1.82, 2.24) is 0 Å². The van der Waals surface area contributed by atoms with Gasteiger partial charge in [-0.25, -0.2) is 0 Å². The Labute approximate surface area is 103 Å². The van der Waals surface area contributed by atoms with Crippen molar-refractivity contribution in [2.24, 2.45) is 11.3 Å². The van der Waals surface area contributed by atoms with Gasteiger partial charge in [-0.2, -0.15) is 0 Å². The molecule has 0 aromatic carbocycles. The molecule has 0 aliphatic carbocycles. The predicted molar refractivity (Wildman–Crippen MR) is 63.3 cm³/mol. The fourth-order valence-electron chi connectivity index (χ4n) is 1.80. The van der Waals surface area contributed by atoms with Crippen molar-refractivity contribution < 1.29 is 19.1 Å². The summed E-state index contributed by atoms with van der Waals surface area (Å²) < 4.78 is 10.6. The van der Waals surface area contributed by atoms with Crippen LogP contribution in [0.4, 0.5) is 0 Å². The number of cyclic esters (lactones) is 1. The summed E-state index contributed by atoms with van der Waals surface area (Å²) in [6, 6.07) is 0. The average molecular weight is 242 g/mol. The van der Waals surface area contributed by atoms with Gasteiger partial charge in [0.2, 0.25) is 0 Å². The van der Waals surface area contributed by atoms with Gasteiger partial charge in [-0.05, 0) is 33.6 Å². The van der Waals surface area contributed by atoms with E-state index >= 15 is 0 Å². The second kappa shape index (κ2) is 5.07. The second-order valence-corrected chi connectivity index (χ2v) is 5.26. The van der Waals surface area contributed by atoms with E-state index in [-0.39, 0.29) is 24.0 Å². The molecule has 17 heavy (non-hydrogen) atoms. The van der Waals surface area contributed by atoms with E-state index < -0.39 is 11.5 Å². The largest absolute Gasteiger partial charge is 0.458 e. The molecule has 1 aliphatic heterocycles. The van der Waals surface area contributed by atoms with Crippen LogP contribution in [0.15, 0.2) is 0 Å². The maximum atomic E-state index is 12.0. The molecule has 1 aliphatic rings. The molecule has 0 radical (unpaired) electrons. The van der Waals surface area contributed by atoms with Crippen molar-refractivity contribution in [3.63, 3.8) is 0 Å². The minimum Gasteiger partial charge on any atom is -0.458 e. The van der Waals surface area contributed by atoms with Crippen molar-refractivity contribution in [2.75, 3.05) is 0 Å². The van der Waals surface area contributed by atoms with Gasteiger partial charge in [0, 0.05) is 0 Å². The molecular formula is C13H22O4. The fourth-order valence-corrected chi connectivity index (χ4v) is 1.80. The maximum absolute atomic E-state index is 12.0. The van der Waals surface area contributed by atoms with E-state index in [2.05, 4.69) is 0 Å². The topological polar surface area (TPSA) is 52.6 Å². The monoisotopic (exact) mass is 242 g/mol. The first kappa shape index (κ1) is 14.0. The zero-order valence-corrected chi connectivity index (χ0v) is 11.3. The summed E-state index contributed by atoms with van der Waals surface area (Å²) >= 11 is 0. The molecule has 0 aromatic rings. The number of rotatable bonds is 4. The van der Waals surface area contributed by atoms with Crippen molar-refractivity contribution in [2.45, 2.75) is 59.7 Å². The minimum atomic E-state index is -0.510. The molecule has 1 saturated heterocycles. The van der Waals surface area contributed by atoms with Crippen molar-refractivity contribution in [3.05, 3.63) is 0 Å². The van der Waals surface area contributed by atoms with Gasteiger partial charge in [0.05, 0.1) is 11.3 Å². The number of hydrogen-bond acceptors (Lipinski definition) is 4. The lowest BCUT2D eigenvalue weighted by Crippen LogP contribution is -2.36. The van der Waals surface area contributed by atoms with Crippen LogP contribution in [0.3, 0.4) is 0 Å². The van der Waals surface area contributed by atoms with Crippen LogP contribution in [0.5, 0.6) is 0 Å². The van der Waals surface area contributed by atoms with Crippen LogP contribution in [0.25, 0.3) is 0 Å². The van der Waals surface area contributed by atoms with Crippen LogP contribution in [-0.2, 0) is 19.1 Å². The smallest absolute Gasteiger partial charge is 0.313 e. The predicted octanol–water partition coefficient (Wildman–Crippen LogP) is 2.31. The first-order valence-corrected chi connectivity index (χ1v) is 6.25. The van der Waals surface area contributed by atoms with Crippen LogP contribution in [0, 0.1) is 11.3 Å². The summed E-state index contributed by atoms with van der Waals surface area (Å²) in [5, 5.41) is 0. The minimum absolute atomic E-state index is 0.256. The van der Waals surface area contributed by atoms with Crippen LogP contribution in [0.1, 0.15) is 47.5 Å². The lowest BCUT2D eigenvalue weighted by Gasteiger charge is -2.25. The maximum Gasteiger partial charge on any atom is 0.313 e. The third kappa shape index (κ3) is 2.79. The Morgan fingerprint density at radius 2 is 2.00 bits per heavy atom. The van der Waals surface area contributed by atoms with E-state index in [0.717, 1.165) is 0 Å². The normalized spacial score (nSPS) is 29.0. The molecule has 3 atom stereocenters. The fraction of sp³-hybridized carbons (Fsp3) is 0.846. The SMILES string of the molecule is CCC1C(=O)OC(C)C1OC(=O)C(C)(C)CC. The molecule has 1 rings (SSSR count). The third-order valence-corrected chi connectivity index (χ3v) is 3.58. The Bertz CT molecular complexity index is 309.